The van der Waals surface area contributed by atoms with Gasteiger partial charge in [0.05, 0.1) is 6.34 Å². The van der Waals surface area contributed by atoms with Crippen molar-refractivity contribution < 1.29 is 4.79 Å². The molecule has 0 amide bonds. The molecule has 0 atom stereocenters. The van der Waals surface area contributed by atoms with Gasteiger partial charge in [-0.25, -0.2) is 9.98 Å². The Labute approximate surface area is 83.9 Å². The van der Waals surface area contributed by atoms with Crippen LogP contribution in [0.4, 0.5) is 5.82 Å². The first-order valence-electron chi connectivity index (χ1n) is 4.45. The number of hydrogen-bond acceptors (Lipinski definition) is 3. The van der Waals surface area contributed by atoms with Crippen molar-refractivity contribution in [1.29, 1.82) is 0 Å². The fourth-order valence-corrected chi connectivity index (χ4v) is 0.747. The maximum absolute atomic E-state index is 10.8. The van der Waals surface area contributed by atoms with Gasteiger partial charge in [-0.1, -0.05) is 13.8 Å². The molecule has 4 heteroatoms. The number of carbonyl (C=O) groups excluding carboxylic acids is 1. The van der Waals surface area contributed by atoms with E-state index in [1.165, 1.54) is 13.1 Å². The van der Waals surface area contributed by atoms with Gasteiger partial charge in [-0.2, -0.15) is 0 Å². The van der Waals surface area contributed by atoms with Gasteiger partial charge in [0.15, 0.2) is 11.6 Å². The molecule has 0 aromatic carbocycles. The third-order valence-corrected chi connectivity index (χ3v) is 1.36. The van der Waals surface area contributed by atoms with Gasteiger partial charge >= 0.3 is 0 Å². The molecule has 14 heavy (non-hydrogen) atoms. The van der Waals surface area contributed by atoms with Gasteiger partial charge < -0.3 is 5.73 Å². The highest BCUT2D eigenvalue weighted by atomic mass is 16.1. The van der Waals surface area contributed by atoms with E-state index in [0.29, 0.717) is 11.4 Å². The van der Waals surface area contributed by atoms with Crippen molar-refractivity contribution in [2.45, 2.75) is 20.8 Å². The van der Waals surface area contributed by atoms with Crippen LogP contribution in [-0.2, 0) is 0 Å². The second-order valence-corrected chi connectivity index (χ2v) is 2.24. The van der Waals surface area contributed by atoms with Gasteiger partial charge in [-0.05, 0) is 19.1 Å². The van der Waals surface area contributed by atoms with Crippen LogP contribution in [0.3, 0.4) is 0 Å². The Morgan fingerprint density at radius 1 is 1.50 bits per heavy atom. The third kappa shape index (κ3) is 3.80. The van der Waals surface area contributed by atoms with Crippen LogP contribution in [-0.4, -0.2) is 17.1 Å². The van der Waals surface area contributed by atoms with Gasteiger partial charge in [-0.3, -0.25) is 4.79 Å². The van der Waals surface area contributed by atoms with Crippen molar-refractivity contribution in [3.8, 4) is 0 Å². The van der Waals surface area contributed by atoms with Crippen LogP contribution < -0.4 is 5.73 Å². The van der Waals surface area contributed by atoms with Crippen LogP contribution >= 0.6 is 0 Å². The lowest BCUT2D eigenvalue weighted by Gasteiger charge is -1.94. The fourth-order valence-electron chi connectivity index (χ4n) is 0.747. The van der Waals surface area contributed by atoms with Gasteiger partial charge in [0.25, 0.3) is 0 Å². The zero-order valence-electron chi connectivity index (χ0n) is 8.69. The summed E-state index contributed by atoms with van der Waals surface area (Å²) >= 11 is 0. The number of aromatic nitrogens is 1. The molecule has 1 aromatic heterocycles. The lowest BCUT2D eigenvalue weighted by molar-refractivity contribution is 0.101. The van der Waals surface area contributed by atoms with E-state index in [4.69, 9.17) is 5.73 Å². The summed E-state index contributed by atoms with van der Waals surface area (Å²) in [5, 5.41) is 0. The minimum Gasteiger partial charge on any atom is -0.390 e. The topological polar surface area (TPSA) is 68.3 Å². The number of nitrogens with two attached hydrogens (primary N) is 1. The number of Topliss-reactive ketones (excluding diaryl/α,β-unsaturated/α-hetero) is 1. The fraction of sp³-hybridized carbons (Fsp3) is 0.300. The molecule has 0 aliphatic rings. The highest BCUT2D eigenvalue weighted by Gasteiger charge is 1.97. The van der Waals surface area contributed by atoms with Crippen molar-refractivity contribution in [3.05, 3.63) is 23.9 Å². The molecule has 1 rings (SSSR count). The first-order chi connectivity index (χ1) is 6.74. The first kappa shape index (κ1) is 12.3. The van der Waals surface area contributed by atoms with E-state index >= 15 is 0 Å². The predicted molar refractivity (Wildman–Crippen MR) is 57.9 cm³/mol. The van der Waals surface area contributed by atoms with Crippen LogP contribution in [0.5, 0.6) is 0 Å². The van der Waals surface area contributed by atoms with Gasteiger partial charge in [0.1, 0.15) is 0 Å². The van der Waals surface area contributed by atoms with Crippen LogP contribution in [0.15, 0.2) is 23.3 Å². The monoisotopic (exact) mass is 193 g/mol. The first-order valence-corrected chi connectivity index (χ1v) is 4.45. The normalized spacial score (nSPS) is 9.36. The minimum absolute atomic E-state index is 0.00854. The van der Waals surface area contributed by atoms with E-state index in [0.717, 1.165) is 6.34 Å². The minimum atomic E-state index is -0.00854. The Hall–Kier alpha value is -1.71. The average molecular weight is 193 g/mol. The molecular weight excluding hydrogens is 178 g/mol. The highest BCUT2D eigenvalue weighted by molar-refractivity contribution is 5.93. The van der Waals surface area contributed by atoms with Gasteiger partial charge in [0.2, 0.25) is 0 Å². The summed E-state index contributed by atoms with van der Waals surface area (Å²) in [6.45, 7) is 5.49. The summed E-state index contributed by atoms with van der Waals surface area (Å²) in [6.07, 6.45) is 2.64. The standard InChI is InChI=1S/C8H9N3O.C2H6/c1-6(12)7-2-3-8(10-4-7)11-5-9;1-2/h2-5H,1H3,(H2,9,10,11);1-2H3. The molecule has 0 saturated heterocycles. The van der Waals surface area contributed by atoms with E-state index in [1.54, 1.807) is 12.1 Å². The number of nitrogens with zero attached hydrogens (tertiary/aromatic N) is 2. The molecule has 4 nitrogen and oxygen atoms in total. The molecule has 1 aromatic rings. The zero-order valence-corrected chi connectivity index (χ0v) is 8.69. The molecule has 1 heterocycles. The largest absolute Gasteiger partial charge is 0.390 e. The van der Waals surface area contributed by atoms with Crippen LogP contribution in [0.2, 0.25) is 0 Å². The molecule has 0 radical (unpaired) electrons. The molecule has 0 aliphatic carbocycles. The molecule has 0 spiro atoms. The Kier molecular flexibility index (Phi) is 5.94. The molecule has 76 valence electrons. The van der Waals surface area contributed by atoms with Gasteiger partial charge in [0, 0.05) is 11.8 Å². The smallest absolute Gasteiger partial charge is 0.161 e. The SMILES string of the molecule is CC.CC(=O)c1ccc(N=CN)nc1. The zero-order chi connectivity index (χ0) is 11.0. The van der Waals surface area contributed by atoms with E-state index in [2.05, 4.69) is 9.98 Å². The van der Waals surface area contributed by atoms with Crippen molar-refractivity contribution >= 4 is 17.9 Å². The summed E-state index contributed by atoms with van der Waals surface area (Å²) in [4.78, 5) is 18.4. The van der Waals surface area contributed by atoms with Crippen molar-refractivity contribution in [3.63, 3.8) is 0 Å². The summed E-state index contributed by atoms with van der Waals surface area (Å²) in [7, 11) is 0. The molecule has 2 N–H and O–H groups in total. The molecule has 0 aliphatic heterocycles. The van der Waals surface area contributed by atoms with E-state index < -0.39 is 0 Å². The highest BCUT2D eigenvalue weighted by Crippen LogP contribution is 2.07. The second kappa shape index (κ2) is 6.77. The maximum Gasteiger partial charge on any atom is 0.161 e. The molecule has 0 unspecified atom stereocenters. The third-order valence-electron chi connectivity index (χ3n) is 1.36. The summed E-state index contributed by atoms with van der Waals surface area (Å²) in [6, 6.07) is 3.30. The molecular formula is C10H15N3O. The number of pyridine rings is 1. The average Bonchev–Trinajstić information content (AvgIpc) is 2.22. The Bertz CT molecular complexity index is 304. The second-order valence-electron chi connectivity index (χ2n) is 2.24. The number of aliphatic imine (C=N–C) groups is 1. The summed E-state index contributed by atoms with van der Waals surface area (Å²) in [5.41, 5.74) is 5.63. The molecule has 0 saturated carbocycles. The maximum atomic E-state index is 10.8. The Morgan fingerprint density at radius 2 is 2.14 bits per heavy atom. The van der Waals surface area contributed by atoms with Crippen molar-refractivity contribution in [2.75, 3.05) is 0 Å². The van der Waals surface area contributed by atoms with E-state index in [1.807, 2.05) is 13.8 Å². The number of hydrogen-bond donors (Lipinski definition) is 1. The lowest BCUT2D eigenvalue weighted by atomic mass is 10.2. The predicted octanol–water partition coefficient (Wildman–Crippen LogP) is 1.93. The van der Waals surface area contributed by atoms with Gasteiger partial charge in [-0.15, -0.1) is 0 Å². The van der Waals surface area contributed by atoms with Crippen molar-refractivity contribution in [1.82, 2.24) is 4.98 Å². The van der Waals surface area contributed by atoms with E-state index in [9.17, 15) is 4.79 Å². The van der Waals surface area contributed by atoms with Crippen molar-refractivity contribution in [2.24, 2.45) is 10.7 Å². The quantitative estimate of drug-likeness (QED) is 0.443. The van der Waals surface area contributed by atoms with Crippen LogP contribution in [0, 0.1) is 0 Å². The number of rotatable bonds is 2. The van der Waals surface area contributed by atoms with Crippen LogP contribution in [0.25, 0.3) is 0 Å². The van der Waals surface area contributed by atoms with Crippen LogP contribution in [0.1, 0.15) is 31.1 Å². The number of carbonyl (C=O) groups is 1. The van der Waals surface area contributed by atoms with E-state index in [-0.39, 0.29) is 5.78 Å². The summed E-state index contributed by atoms with van der Waals surface area (Å²) < 4.78 is 0. The molecule has 0 bridgehead atoms. The summed E-state index contributed by atoms with van der Waals surface area (Å²) in [5.74, 6) is 0.494. The Morgan fingerprint density at radius 3 is 2.50 bits per heavy atom. The molecule has 0 fully saturated rings. The Balaban J connectivity index is 0.000000791. The number of ketones is 1. The lowest BCUT2D eigenvalue weighted by Crippen LogP contribution is -1.92.